The summed E-state index contributed by atoms with van der Waals surface area (Å²) < 4.78 is 10.6. The van der Waals surface area contributed by atoms with Crippen molar-refractivity contribution in [3.63, 3.8) is 0 Å². The van der Waals surface area contributed by atoms with Crippen LogP contribution in [0.15, 0.2) is 12.4 Å². The van der Waals surface area contributed by atoms with E-state index in [4.69, 9.17) is 9.47 Å². The smallest absolute Gasteiger partial charge is 0.228 e. The van der Waals surface area contributed by atoms with E-state index in [1.807, 2.05) is 17.9 Å². The molecule has 0 bridgehead atoms. The van der Waals surface area contributed by atoms with Gasteiger partial charge in [0.05, 0.1) is 12.0 Å². The van der Waals surface area contributed by atoms with Crippen molar-refractivity contribution < 1.29 is 14.3 Å². The lowest BCUT2D eigenvalue weighted by Gasteiger charge is -2.35. The quantitative estimate of drug-likeness (QED) is 0.775. The van der Waals surface area contributed by atoms with Crippen LogP contribution in [0.25, 0.3) is 0 Å². The van der Waals surface area contributed by atoms with Crippen LogP contribution in [0.4, 0.5) is 5.82 Å². The van der Waals surface area contributed by atoms with Crippen LogP contribution in [0.1, 0.15) is 39.0 Å². The molecule has 1 N–H and O–H groups in total. The molecule has 7 heteroatoms. The Labute approximate surface area is 149 Å². The van der Waals surface area contributed by atoms with E-state index in [1.54, 1.807) is 7.11 Å². The Morgan fingerprint density at radius 2 is 2.12 bits per heavy atom. The number of nitrogens with zero attached hydrogens (tertiary/aromatic N) is 3. The average molecular weight is 348 g/mol. The fourth-order valence-corrected chi connectivity index (χ4v) is 3.44. The van der Waals surface area contributed by atoms with E-state index in [1.165, 1.54) is 6.33 Å². The van der Waals surface area contributed by atoms with E-state index < -0.39 is 0 Å². The number of likely N-dealkylation sites (tertiary alicyclic amines) is 1. The summed E-state index contributed by atoms with van der Waals surface area (Å²) in [6.45, 7) is 4.78. The topological polar surface area (TPSA) is 76.6 Å². The van der Waals surface area contributed by atoms with Crippen molar-refractivity contribution in [1.29, 1.82) is 0 Å². The largest absolute Gasteiger partial charge is 0.478 e. The second kappa shape index (κ2) is 7.99. The lowest BCUT2D eigenvalue weighted by Crippen LogP contribution is -2.45. The van der Waals surface area contributed by atoms with Crippen LogP contribution in [-0.2, 0) is 9.53 Å². The van der Waals surface area contributed by atoms with Crippen molar-refractivity contribution >= 4 is 11.7 Å². The van der Waals surface area contributed by atoms with Gasteiger partial charge in [-0.2, -0.15) is 0 Å². The molecule has 3 rings (SSSR count). The minimum atomic E-state index is -0.130. The standard InChI is InChI=1S/C18H28N4O3/c1-3-25-16-12-15(19-13-20-16)21-14-4-9-22(10-5-14)17(23)18(6-7-18)8-11-24-2/h12-14H,3-11H2,1-2H3,(H,19,20,21). The molecule has 0 radical (unpaired) electrons. The number of rotatable bonds is 8. The Kier molecular flexibility index (Phi) is 5.73. The number of hydrogen-bond donors (Lipinski definition) is 1. The van der Waals surface area contributed by atoms with Gasteiger partial charge >= 0.3 is 0 Å². The molecule has 2 fully saturated rings. The number of piperidine rings is 1. The highest BCUT2D eigenvalue weighted by atomic mass is 16.5. The van der Waals surface area contributed by atoms with Crippen LogP contribution in [-0.4, -0.2) is 60.2 Å². The van der Waals surface area contributed by atoms with E-state index in [2.05, 4.69) is 15.3 Å². The Hall–Kier alpha value is -1.89. The molecule has 1 amide bonds. The van der Waals surface area contributed by atoms with Gasteiger partial charge in [0, 0.05) is 38.9 Å². The molecular formula is C18H28N4O3. The van der Waals surface area contributed by atoms with Gasteiger partial charge in [-0.3, -0.25) is 4.79 Å². The van der Waals surface area contributed by atoms with Gasteiger partial charge < -0.3 is 19.7 Å². The number of aromatic nitrogens is 2. The maximum Gasteiger partial charge on any atom is 0.228 e. The molecule has 25 heavy (non-hydrogen) atoms. The first-order valence-electron chi connectivity index (χ1n) is 9.16. The molecule has 0 atom stereocenters. The van der Waals surface area contributed by atoms with Gasteiger partial charge in [0.15, 0.2) is 0 Å². The summed E-state index contributed by atoms with van der Waals surface area (Å²) >= 11 is 0. The SMILES string of the molecule is CCOc1cc(NC2CCN(C(=O)C3(CCOC)CC3)CC2)ncn1. The Morgan fingerprint density at radius 1 is 1.36 bits per heavy atom. The molecule has 2 aliphatic rings. The van der Waals surface area contributed by atoms with Gasteiger partial charge in [-0.25, -0.2) is 9.97 Å². The number of carbonyl (C=O) groups is 1. The summed E-state index contributed by atoms with van der Waals surface area (Å²) in [7, 11) is 1.70. The highest BCUT2D eigenvalue weighted by molar-refractivity contribution is 5.85. The van der Waals surface area contributed by atoms with Crippen molar-refractivity contribution in [2.24, 2.45) is 5.41 Å². The molecule has 138 valence electrons. The summed E-state index contributed by atoms with van der Waals surface area (Å²) in [6, 6.07) is 2.15. The Bertz CT molecular complexity index is 583. The molecule has 1 saturated carbocycles. The normalized spacial score (nSPS) is 19.5. The molecular weight excluding hydrogens is 320 g/mol. The summed E-state index contributed by atoms with van der Waals surface area (Å²) in [5.74, 6) is 1.69. The predicted octanol–water partition coefficient (Wildman–Crippen LogP) is 2.09. The van der Waals surface area contributed by atoms with Gasteiger partial charge in [0.2, 0.25) is 11.8 Å². The lowest BCUT2D eigenvalue weighted by atomic mass is 9.98. The van der Waals surface area contributed by atoms with Crippen molar-refractivity contribution in [2.45, 2.75) is 45.1 Å². The molecule has 7 nitrogen and oxygen atoms in total. The molecule has 1 saturated heterocycles. The van der Waals surface area contributed by atoms with Crippen LogP contribution < -0.4 is 10.1 Å². The monoisotopic (exact) mass is 348 g/mol. The van der Waals surface area contributed by atoms with Gasteiger partial charge in [0.1, 0.15) is 12.1 Å². The molecule has 1 aromatic rings. The highest BCUT2D eigenvalue weighted by Gasteiger charge is 2.51. The Balaban J connectivity index is 1.49. The first kappa shape index (κ1) is 17.9. The zero-order chi connectivity index (χ0) is 17.7. The van der Waals surface area contributed by atoms with Crippen molar-refractivity contribution in [1.82, 2.24) is 14.9 Å². The second-order valence-corrected chi connectivity index (χ2v) is 6.91. The molecule has 0 aromatic carbocycles. The third-order valence-electron chi connectivity index (χ3n) is 5.16. The molecule has 1 aliphatic heterocycles. The lowest BCUT2D eigenvalue weighted by molar-refractivity contribution is -0.138. The van der Waals surface area contributed by atoms with Crippen LogP contribution >= 0.6 is 0 Å². The zero-order valence-electron chi connectivity index (χ0n) is 15.2. The molecule has 0 unspecified atom stereocenters. The number of carbonyl (C=O) groups excluding carboxylic acids is 1. The highest BCUT2D eigenvalue weighted by Crippen LogP contribution is 2.50. The van der Waals surface area contributed by atoms with Crippen molar-refractivity contribution in [2.75, 3.05) is 38.7 Å². The maximum atomic E-state index is 12.8. The van der Waals surface area contributed by atoms with Crippen molar-refractivity contribution in [3.05, 3.63) is 12.4 Å². The van der Waals surface area contributed by atoms with Crippen molar-refractivity contribution in [3.8, 4) is 5.88 Å². The third-order valence-corrected chi connectivity index (χ3v) is 5.16. The van der Waals surface area contributed by atoms with E-state index in [9.17, 15) is 4.79 Å². The molecule has 2 heterocycles. The van der Waals surface area contributed by atoms with Gasteiger partial charge in [0.25, 0.3) is 0 Å². The summed E-state index contributed by atoms with van der Waals surface area (Å²) in [4.78, 5) is 23.2. The molecule has 0 spiro atoms. The van der Waals surface area contributed by atoms with E-state index in [0.29, 0.717) is 31.0 Å². The number of hydrogen-bond acceptors (Lipinski definition) is 6. The second-order valence-electron chi connectivity index (χ2n) is 6.91. The van der Waals surface area contributed by atoms with Crippen LogP contribution in [0.2, 0.25) is 0 Å². The van der Waals surface area contributed by atoms with Crippen LogP contribution in [0.5, 0.6) is 5.88 Å². The number of amides is 1. The maximum absolute atomic E-state index is 12.8. The fourth-order valence-electron chi connectivity index (χ4n) is 3.44. The third kappa shape index (κ3) is 4.39. The average Bonchev–Trinajstić information content (AvgIpc) is 3.42. The Morgan fingerprint density at radius 3 is 2.76 bits per heavy atom. The number of nitrogens with one attached hydrogen (secondary N) is 1. The zero-order valence-corrected chi connectivity index (χ0v) is 15.2. The summed E-state index contributed by atoms with van der Waals surface area (Å²) in [5, 5.41) is 3.44. The van der Waals surface area contributed by atoms with E-state index in [-0.39, 0.29) is 5.41 Å². The predicted molar refractivity (Wildman–Crippen MR) is 94.6 cm³/mol. The first-order chi connectivity index (χ1) is 12.2. The minimum Gasteiger partial charge on any atom is -0.478 e. The summed E-state index contributed by atoms with van der Waals surface area (Å²) in [5.41, 5.74) is -0.130. The van der Waals surface area contributed by atoms with Gasteiger partial charge in [-0.15, -0.1) is 0 Å². The minimum absolute atomic E-state index is 0.130. The fraction of sp³-hybridized carbons (Fsp3) is 0.722. The van der Waals surface area contributed by atoms with Gasteiger partial charge in [-0.1, -0.05) is 0 Å². The first-order valence-corrected chi connectivity index (χ1v) is 9.16. The van der Waals surface area contributed by atoms with Gasteiger partial charge in [-0.05, 0) is 39.0 Å². The van der Waals surface area contributed by atoms with Crippen LogP contribution in [0.3, 0.4) is 0 Å². The van der Waals surface area contributed by atoms with Crippen LogP contribution in [0, 0.1) is 5.41 Å². The van der Waals surface area contributed by atoms with E-state index >= 15 is 0 Å². The number of methoxy groups -OCH3 is 1. The molecule has 1 aliphatic carbocycles. The van der Waals surface area contributed by atoms with E-state index in [0.717, 1.165) is 51.0 Å². The summed E-state index contributed by atoms with van der Waals surface area (Å²) in [6.07, 6.45) is 6.24. The number of ether oxygens (including phenoxy) is 2. The molecule has 1 aromatic heterocycles. The number of anilines is 1.